The summed E-state index contributed by atoms with van der Waals surface area (Å²) < 4.78 is 5.58. The van der Waals surface area contributed by atoms with Crippen LogP contribution >= 0.6 is 0 Å². The van der Waals surface area contributed by atoms with Crippen molar-refractivity contribution in [1.29, 1.82) is 0 Å². The lowest BCUT2D eigenvalue weighted by Crippen LogP contribution is -2.56. The van der Waals surface area contributed by atoms with Gasteiger partial charge in [-0.05, 0) is 49.1 Å². The molecule has 0 spiro atoms. The molecule has 0 fully saturated rings. The van der Waals surface area contributed by atoms with E-state index in [1.165, 1.54) is 6.39 Å². The number of rotatable bonds is 6. The van der Waals surface area contributed by atoms with E-state index in [1.54, 1.807) is 18.7 Å². The summed E-state index contributed by atoms with van der Waals surface area (Å²) in [6, 6.07) is 14.8. The zero-order valence-electron chi connectivity index (χ0n) is 19.9. The third kappa shape index (κ3) is 4.60. The average Bonchev–Trinajstić information content (AvgIpc) is 3.55. The second-order valence-corrected chi connectivity index (χ2v) is 9.30. The van der Waals surface area contributed by atoms with Crippen LogP contribution in [-0.4, -0.2) is 49.0 Å². The zero-order chi connectivity index (χ0) is 25.3. The second-order valence-electron chi connectivity index (χ2n) is 9.30. The molecule has 4 N–H and O–H groups in total. The highest BCUT2D eigenvalue weighted by Crippen LogP contribution is 2.31. The Bertz CT molecular complexity index is 1370. The molecule has 11 heteroatoms. The number of aryl methyl sites for hydroxylation is 1. The Kier molecular flexibility index (Phi) is 6.06. The van der Waals surface area contributed by atoms with Crippen molar-refractivity contribution < 1.29 is 14.0 Å². The second kappa shape index (κ2) is 9.34. The minimum atomic E-state index is -1.08. The molecular formula is C25H26N8O3. The Morgan fingerprint density at radius 1 is 1.22 bits per heavy atom. The first-order valence-electron chi connectivity index (χ1n) is 11.6. The van der Waals surface area contributed by atoms with E-state index >= 15 is 0 Å². The number of aromatic nitrogens is 5. The summed E-state index contributed by atoms with van der Waals surface area (Å²) >= 11 is 0. The molecule has 0 bridgehead atoms. The summed E-state index contributed by atoms with van der Waals surface area (Å²) in [5.41, 5.74) is 8.94. The molecule has 3 heterocycles. The molecule has 0 unspecified atom stereocenters. The van der Waals surface area contributed by atoms with Gasteiger partial charge in [-0.1, -0.05) is 42.5 Å². The molecule has 0 saturated carbocycles. The van der Waals surface area contributed by atoms with E-state index in [9.17, 15) is 9.59 Å². The highest BCUT2D eigenvalue weighted by atomic mass is 16.3. The molecule has 0 radical (unpaired) electrons. The maximum absolute atomic E-state index is 13.6. The smallest absolute Gasteiger partial charge is 0.249 e. The summed E-state index contributed by atoms with van der Waals surface area (Å²) in [6.07, 6.45) is 2.49. The lowest BCUT2D eigenvalue weighted by Gasteiger charge is -2.28. The van der Waals surface area contributed by atoms with E-state index in [4.69, 9.17) is 10.2 Å². The molecule has 0 saturated heterocycles. The van der Waals surface area contributed by atoms with Gasteiger partial charge in [0.15, 0.2) is 17.8 Å². The van der Waals surface area contributed by atoms with Crippen molar-refractivity contribution in [2.75, 3.05) is 4.90 Å². The fraction of sp³-hybridized carbons (Fsp3) is 0.280. The lowest BCUT2D eigenvalue weighted by atomic mass is 10.0. The third-order valence-corrected chi connectivity index (χ3v) is 6.12. The van der Waals surface area contributed by atoms with Crippen molar-refractivity contribution in [1.82, 2.24) is 30.9 Å². The first-order valence-corrected chi connectivity index (χ1v) is 11.6. The fourth-order valence-electron chi connectivity index (χ4n) is 4.17. The number of anilines is 1. The van der Waals surface area contributed by atoms with Gasteiger partial charge < -0.3 is 20.4 Å². The van der Waals surface area contributed by atoms with Crippen molar-refractivity contribution in [3.8, 4) is 22.8 Å². The van der Waals surface area contributed by atoms with Crippen LogP contribution in [0.2, 0.25) is 0 Å². The molecule has 2 aromatic heterocycles. The summed E-state index contributed by atoms with van der Waals surface area (Å²) in [4.78, 5) is 32.1. The van der Waals surface area contributed by atoms with Gasteiger partial charge in [0, 0.05) is 11.3 Å². The standard InChI is InChI=1S/C25H26N8O3/c1-25(2,26)24(35)28-18-12-11-16-5-3-4-6-19(16)33(23(18)34)13-15-7-9-17(10-8-15)21-20(27-14-36-21)22-29-31-32-30-22/h3-10,14,18H,11-13,26H2,1-2H3,(H,28,35)(H,29,30,31,32)/t18-/m1/s1. The third-order valence-electron chi connectivity index (χ3n) is 6.12. The zero-order valence-corrected chi connectivity index (χ0v) is 19.9. The molecule has 5 rings (SSSR count). The average molecular weight is 487 g/mol. The molecule has 2 aromatic carbocycles. The van der Waals surface area contributed by atoms with E-state index in [0.29, 0.717) is 36.7 Å². The van der Waals surface area contributed by atoms with Gasteiger partial charge in [-0.25, -0.2) is 4.98 Å². The molecule has 0 aliphatic carbocycles. The lowest BCUT2D eigenvalue weighted by molar-refractivity contribution is -0.130. The Labute approximate surface area is 207 Å². The summed E-state index contributed by atoms with van der Waals surface area (Å²) in [5, 5.41) is 16.8. The monoisotopic (exact) mass is 486 g/mol. The van der Waals surface area contributed by atoms with Gasteiger partial charge in [0.1, 0.15) is 6.04 Å². The summed E-state index contributed by atoms with van der Waals surface area (Å²) in [5.74, 6) is 0.325. The first kappa shape index (κ1) is 23.4. The number of carbonyl (C=O) groups excluding carboxylic acids is 2. The van der Waals surface area contributed by atoms with Gasteiger partial charge in [-0.3, -0.25) is 9.59 Å². The quantitative estimate of drug-likeness (QED) is 0.375. The van der Waals surface area contributed by atoms with Gasteiger partial charge in [0.05, 0.1) is 12.1 Å². The van der Waals surface area contributed by atoms with Gasteiger partial charge in [0.2, 0.25) is 17.6 Å². The van der Waals surface area contributed by atoms with Crippen LogP contribution in [0.15, 0.2) is 59.3 Å². The number of amides is 2. The van der Waals surface area contributed by atoms with Crippen LogP contribution < -0.4 is 16.0 Å². The Hall–Kier alpha value is -4.38. The molecule has 1 aliphatic rings. The number of benzene rings is 2. The predicted molar refractivity (Wildman–Crippen MR) is 131 cm³/mol. The maximum atomic E-state index is 13.6. The molecule has 1 aliphatic heterocycles. The highest BCUT2D eigenvalue weighted by Gasteiger charge is 2.34. The molecule has 184 valence electrons. The van der Waals surface area contributed by atoms with Crippen molar-refractivity contribution >= 4 is 17.5 Å². The number of para-hydroxylation sites is 1. The topological polar surface area (TPSA) is 156 Å². The van der Waals surface area contributed by atoms with Crippen LogP contribution in [0.25, 0.3) is 22.8 Å². The number of carbonyl (C=O) groups is 2. The Morgan fingerprint density at radius 2 is 2.00 bits per heavy atom. The number of nitrogens with two attached hydrogens (primary N) is 1. The van der Waals surface area contributed by atoms with Gasteiger partial charge >= 0.3 is 0 Å². The summed E-state index contributed by atoms with van der Waals surface area (Å²) in [7, 11) is 0. The van der Waals surface area contributed by atoms with Gasteiger partial charge in [-0.2, -0.15) is 5.21 Å². The van der Waals surface area contributed by atoms with Crippen molar-refractivity contribution in [3.05, 3.63) is 66.1 Å². The van der Waals surface area contributed by atoms with Crippen LogP contribution in [-0.2, 0) is 22.6 Å². The van der Waals surface area contributed by atoms with Gasteiger partial charge in [-0.15, -0.1) is 10.2 Å². The number of nitrogens with zero attached hydrogens (tertiary/aromatic N) is 5. The molecule has 36 heavy (non-hydrogen) atoms. The van der Waals surface area contributed by atoms with Crippen LogP contribution in [0.3, 0.4) is 0 Å². The fourth-order valence-corrected chi connectivity index (χ4v) is 4.17. The van der Waals surface area contributed by atoms with Crippen LogP contribution in [0, 0.1) is 0 Å². The molecule has 11 nitrogen and oxygen atoms in total. The van der Waals surface area contributed by atoms with E-state index in [0.717, 1.165) is 22.4 Å². The first-order chi connectivity index (χ1) is 17.3. The molecule has 2 amide bonds. The van der Waals surface area contributed by atoms with E-state index in [1.807, 2.05) is 48.5 Å². The van der Waals surface area contributed by atoms with Crippen molar-refractivity contribution in [2.45, 2.75) is 44.8 Å². The normalized spacial score (nSPS) is 15.9. The van der Waals surface area contributed by atoms with Crippen LogP contribution in [0.1, 0.15) is 31.4 Å². The van der Waals surface area contributed by atoms with Crippen LogP contribution in [0.5, 0.6) is 0 Å². The number of tetrazole rings is 1. The van der Waals surface area contributed by atoms with Crippen molar-refractivity contribution in [3.63, 3.8) is 0 Å². The summed E-state index contributed by atoms with van der Waals surface area (Å²) in [6.45, 7) is 3.58. The SMILES string of the molecule is CC(C)(N)C(=O)N[C@@H]1CCc2ccccc2N(Cc2ccc(-c3ocnc3-c3nn[nH]n3)cc2)C1=O. The van der Waals surface area contributed by atoms with Crippen LogP contribution in [0.4, 0.5) is 5.69 Å². The maximum Gasteiger partial charge on any atom is 0.249 e. The number of fused-ring (bicyclic) bond motifs is 1. The Morgan fingerprint density at radius 3 is 2.72 bits per heavy atom. The number of hydrogen-bond donors (Lipinski definition) is 3. The molecular weight excluding hydrogens is 460 g/mol. The predicted octanol–water partition coefficient (Wildman–Crippen LogP) is 2.22. The highest BCUT2D eigenvalue weighted by molar-refractivity contribution is 6.01. The molecule has 1 atom stereocenters. The number of oxazole rings is 1. The minimum absolute atomic E-state index is 0.170. The number of nitrogens with one attached hydrogen (secondary N) is 2. The van der Waals surface area contributed by atoms with Gasteiger partial charge in [0.25, 0.3) is 0 Å². The largest absolute Gasteiger partial charge is 0.443 e. The van der Waals surface area contributed by atoms with E-state index in [2.05, 4.69) is 30.9 Å². The van der Waals surface area contributed by atoms with Crippen molar-refractivity contribution in [2.24, 2.45) is 5.73 Å². The van der Waals surface area contributed by atoms with E-state index < -0.39 is 11.6 Å². The number of hydrogen-bond acceptors (Lipinski definition) is 8. The van der Waals surface area contributed by atoms with E-state index in [-0.39, 0.29) is 11.8 Å². The number of H-pyrrole nitrogens is 1. The number of aromatic amines is 1. The molecule has 4 aromatic rings. The Balaban J connectivity index is 1.41. The minimum Gasteiger partial charge on any atom is -0.443 e.